The molecule has 0 aliphatic carbocycles. The van der Waals surface area contributed by atoms with Crippen molar-refractivity contribution in [3.63, 3.8) is 0 Å². The second kappa shape index (κ2) is 22.8. The van der Waals surface area contributed by atoms with Crippen LogP contribution in [-0.2, 0) is 40.0 Å². The largest absolute Gasteiger partial charge is 0.506 e. The van der Waals surface area contributed by atoms with Crippen LogP contribution >= 0.6 is 22.7 Å². The van der Waals surface area contributed by atoms with Gasteiger partial charge >= 0.3 is 4.87 Å². The molecule has 0 bridgehead atoms. The number of aromatic amines is 1. The molecule has 2 aliphatic rings. The average Bonchev–Trinajstić information content (AvgIpc) is 3.91. The highest BCUT2D eigenvalue weighted by Gasteiger charge is 2.41. The Bertz CT molecular complexity index is 1970. The first-order chi connectivity index (χ1) is 28.8. The third kappa shape index (κ3) is 13.2. The van der Waals surface area contributed by atoms with Crippen LogP contribution in [0, 0.1) is 0 Å². The van der Waals surface area contributed by atoms with E-state index in [2.05, 4.69) is 46.1 Å². The minimum atomic E-state index is -0.258. The number of benzene rings is 2. The molecular formula is C45H63N5O7S2. The second-order valence-electron chi connectivity index (χ2n) is 16.1. The number of aromatic hydroxyl groups is 1. The molecule has 2 amide bonds. The number of likely N-dealkylation sites (tertiary alicyclic amines) is 1. The number of aliphatic hydroxyl groups excluding tert-OH is 1. The zero-order valence-electron chi connectivity index (χ0n) is 34.8. The number of morpholine rings is 1. The summed E-state index contributed by atoms with van der Waals surface area (Å²) < 4.78 is 13.1. The quantitative estimate of drug-likeness (QED) is 0.0702. The summed E-state index contributed by atoms with van der Waals surface area (Å²) in [6.45, 7) is 9.42. The van der Waals surface area contributed by atoms with Crippen LogP contribution in [0.3, 0.4) is 0 Å². The van der Waals surface area contributed by atoms with Gasteiger partial charge in [0.2, 0.25) is 5.91 Å². The number of carbonyl (C=O) groups is 2. The fourth-order valence-electron chi connectivity index (χ4n) is 8.20. The van der Waals surface area contributed by atoms with Crippen molar-refractivity contribution in [2.24, 2.45) is 0 Å². The number of aryl methyl sites for hydroxylation is 2. The summed E-state index contributed by atoms with van der Waals surface area (Å²) in [6, 6.07) is 12.3. The molecule has 0 unspecified atom stereocenters. The van der Waals surface area contributed by atoms with E-state index in [0.29, 0.717) is 63.6 Å². The summed E-state index contributed by atoms with van der Waals surface area (Å²) in [7, 11) is 0. The number of thiazole rings is 2. The Balaban J connectivity index is 0.854. The lowest BCUT2D eigenvalue weighted by Gasteiger charge is -2.47. The number of fused-ring (bicyclic) bond motifs is 1. The summed E-state index contributed by atoms with van der Waals surface area (Å²) in [5.41, 5.74) is 4.42. The maximum atomic E-state index is 13.3. The minimum Gasteiger partial charge on any atom is -0.506 e. The molecule has 3 N–H and O–H groups in total. The van der Waals surface area contributed by atoms with E-state index in [9.17, 15) is 19.5 Å². The summed E-state index contributed by atoms with van der Waals surface area (Å²) in [5.74, 6) is 0.250. The fourth-order valence-corrected chi connectivity index (χ4v) is 9.82. The van der Waals surface area contributed by atoms with Crippen molar-refractivity contribution < 1.29 is 29.3 Å². The molecule has 4 aromatic rings. The Kier molecular flexibility index (Phi) is 17.3. The molecule has 0 radical (unpaired) electrons. The molecule has 2 aliphatic heterocycles. The molecule has 2 aromatic heterocycles. The minimum absolute atomic E-state index is 0.0283. The molecule has 0 saturated carbocycles. The fraction of sp³-hybridized carbons (Fsp3) is 0.600. The Hall–Kier alpha value is -3.66. The Morgan fingerprint density at radius 2 is 1.66 bits per heavy atom. The van der Waals surface area contributed by atoms with Gasteiger partial charge in [0.1, 0.15) is 17.0 Å². The number of phenolic OH excluding ortho intramolecular Hbond substituents is 1. The molecule has 59 heavy (non-hydrogen) atoms. The molecule has 14 heteroatoms. The highest BCUT2D eigenvalue weighted by Crippen LogP contribution is 2.32. The molecule has 6 rings (SSSR count). The van der Waals surface area contributed by atoms with Crippen LogP contribution in [0.1, 0.15) is 103 Å². The Labute approximate surface area is 356 Å². The van der Waals surface area contributed by atoms with Crippen molar-refractivity contribution in [3.8, 4) is 5.75 Å². The maximum absolute atomic E-state index is 13.3. The number of H-pyrrole nitrogens is 1. The highest BCUT2D eigenvalue weighted by molar-refractivity contribution is 7.16. The van der Waals surface area contributed by atoms with Crippen LogP contribution in [0.2, 0.25) is 0 Å². The molecule has 1 spiro atoms. The normalized spacial score (nSPS) is 15.7. The van der Waals surface area contributed by atoms with Crippen LogP contribution in [0.5, 0.6) is 5.75 Å². The number of rotatable bonds is 23. The zero-order chi connectivity index (χ0) is 41.5. The number of ether oxygens (including phenoxy) is 2. The van der Waals surface area contributed by atoms with Crippen LogP contribution in [0.4, 0.5) is 0 Å². The van der Waals surface area contributed by atoms with Gasteiger partial charge in [0, 0.05) is 51.3 Å². The van der Waals surface area contributed by atoms with Gasteiger partial charge in [-0.25, -0.2) is 4.98 Å². The predicted molar refractivity (Wildman–Crippen MR) is 235 cm³/mol. The topological polar surface area (TPSA) is 149 Å². The van der Waals surface area contributed by atoms with E-state index in [1.807, 2.05) is 21.2 Å². The first kappa shape index (κ1) is 44.9. The van der Waals surface area contributed by atoms with Gasteiger partial charge < -0.3 is 39.4 Å². The number of hydrogen-bond donors (Lipinski definition) is 3. The maximum Gasteiger partial charge on any atom is 0.305 e. The smallest absolute Gasteiger partial charge is 0.305 e. The van der Waals surface area contributed by atoms with E-state index in [-0.39, 0.29) is 34.6 Å². The standard InChI is InChI=1S/C45H63N5O7S2/c1-2-39-46-37(32-58-39)43(54)50-27-31-57-45(33-50)20-25-48(26-21-45)24-17-34-11-13-35(14-12-34)18-29-56-30-19-40(53)49(22-7-3-4-9-28-51)23-8-5-6-10-36-15-16-38(52)41-42(36)59-44(55)47-41/h11-16,32,51-52H,2-10,17-31,33H2,1H3,(H,47,55). The lowest BCUT2D eigenvalue weighted by atomic mass is 9.89. The van der Waals surface area contributed by atoms with E-state index >= 15 is 0 Å². The van der Waals surface area contributed by atoms with Crippen molar-refractivity contribution >= 4 is 44.7 Å². The number of nitrogens with zero attached hydrogens (tertiary/aromatic N) is 4. The first-order valence-electron chi connectivity index (χ1n) is 21.7. The van der Waals surface area contributed by atoms with Crippen LogP contribution < -0.4 is 4.87 Å². The Morgan fingerprint density at radius 1 is 0.932 bits per heavy atom. The predicted octanol–water partition coefficient (Wildman–Crippen LogP) is 6.61. The summed E-state index contributed by atoms with van der Waals surface area (Å²) in [6.07, 6.45) is 12.1. The molecule has 4 heterocycles. The Morgan fingerprint density at radius 3 is 2.39 bits per heavy atom. The molecule has 322 valence electrons. The van der Waals surface area contributed by atoms with Gasteiger partial charge in [0.15, 0.2) is 0 Å². The van der Waals surface area contributed by atoms with Crippen molar-refractivity contribution in [2.75, 3.05) is 72.2 Å². The molecule has 2 saturated heterocycles. The number of phenols is 1. The summed E-state index contributed by atoms with van der Waals surface area (Å²) in [5, 5.41) is 22.1. The van der Waals surface area contributed by atoms with Gasteiger partial charge in [-0.1, -0.05) is 67.9 Å². The van der Waals surface area contributed by atoms with Gasteiger partial charge in [0.05, 0.1) is 48.1 Å². The van der Waals surface area contributed by atoms with Gasteiger partial charge in [-0.2, -0.15) is 0 Å². The monoisotopic (exact) mass is 849 g/mol. The van der Waals surface area contributed by atoms with Crippen molar-refractivity contribution in [3.05, 3.63) is 78.8 Å². The summed E-state index contributed by atoms with van der Waals surface area (Å²) >= 11 is 2.69. The number of unbranched alkanes of at least 4 members (excludes halogenated alkanes) is 5. The van der Waals surface area contributed by atoms with E-state index < -0.39 is 0 Å². The van der Waals surface area contributed by atoms with E-state index in [0.717, 1.165) is 130 Å². The van der Waals surface area contributed by atoms with Crippen molar-refractivity contribution in [1.29, 1.82) is 0 Å². The number of hydrogen-bond acceptors (Lipinski definition) is 11. The number of nitrogens with one attached hydrogen (secondary N) is 1. The third-order valence-electron chi connectivity index (χ3n) is 11.8. The SMILES string of the molecule is CCc1nc(C(=O)N2CCOC3(CCN(CCc4ccc(CCOCCC(=O)N(CCCCCCO)CCCCCc5ccc(O)c6[nH]c(=O)sc56)cc4)CC3)C2)cs1. The third-order valence-corrected chi connectivity index (χ3v) is 13.8. The van der Waals surface area contributed by atoms with Crippen LogP contribution in [0.15, 0.2) is 46.6 Å². The number of piperidine rings is 1. The number of amides is 2. The van der Waals surface area contributed by atoms with Crippen LogP contribution in [-0.4, -0.2) is 125 Å². The lowest BCUT2D eigenvalue weighted by Crippen LogP contribution is -2.58. The molecular weight excluding hydrogens is 787 g/mol. The van der Waals surface area contributed by atoms with Crippen molar-refractivity contribution in [1.82, 2.24) is 24.7 Å². The number of carbonyl (C=O) groups excluding carboxylic acids is 2. The molecule has 0 atom stereocenters. The van der Waals surface area contributed by atoms with Crippen LogP contribution in [0.25, 0.3) is 10.2 Å². The zero-order valence-corrected chi connectivity index (χ0v) is 36.4. The molecule has 2 aromatic carbocycles. The van der Waals surface area contributed by atoms with Gasteiger partial charge in [-0.15, -0.1) is 11.3 Å². The lowest BCUT2D eigenvalue weighted by molar-refractivity contribution is -0.132. The number of aliphatic hydroxyl groups is 1. The van der Waals surface area contributed by atoms with E-state index in [1.165, 1.54) is 11.1 Å². The summed E-state index contributed by atoms with van der Waals surface area (Å²) in [4.78, 5) is 51.8. The van der Waals surface area contributed by atoms with Gasteiger partial charge in [0.25, 0.3) is 5.91 Å². The van der Waals surface area contributed by atoms with E-state index in [4.69, 9.17) is 14.6 Å². The van der Waals surface area contributed by atoms with E-state index in [1.54, 1.807) is 17.4 Å². The molecule has 2 fully saturated rings. The highest BCUT2D eigenvalue weighted by atomic mass is 32.1. The first-order valence-corrected chi connectivity index (χ1v) is 23.4. The average molecular weight is 850 g/mol. The van der Waals surface area contributed by atoms with Gasteiger partial charge in [-0.05, 0) is 87.0 Å². The van der Waals surface area contributed by atoms with Gasteiger partial charge in [-0.3, -0.25) is 14.4 Å². The van der Waals surface area contributed by atoms with Crippen molar-refractivity contribution in [2.45, 2.75) is 102 Å². The number of aromatic nitrogens is 2. The molecule has 12 nitrogen and oxygen atoms in total. The second-order valence-corrected chi connectivity index (χ2v) is 18.0.